The topological polar surface area (TPSA) is 37.3 Å². The monoisotopic (exact) mass is 181 g/mol. The Kier molecular flexibility index (Phi) is 3.67. The Balaban J connectivity index is 2.29. The second-order valence-electron chi connectivity index (χ2n) is 2.23. The van der Waals surface area contributed by atoms with Gasteiger partial charge in [-0.1, -0.05) is 12.1 Å². The van der Waals surface area contributed by atoms with Crippen molar-refractivity contribution in [3.63, 3.8) is 0 Å². The summed E-state index contributed by atoms with van der Waals surface area (Å²) in [4.78, 5) is 11.3. The average molecular weight is 181 g/mol. The highest BCUT2D eigenvalue weighted by atomic mass is 32.2. The van der Waals surface area contributed by atoms with E-state index in [1.165, 1.54) is 0 Å². The quantitative estimate of drug-likeness (QED) is 0.722. The summed E-state index contributed by atoms with van der Waals surface area (Å²) in [5, 5.41) is 8.37. The van der Waals surface area contributed by atoms with E-state index in [2.05, 4.69) is 6.07 Å². The van der Waals surface area contributed by atoms with Gasteiger partial charge in [-0.3, -0.25) is 4.79 Å². The molecule has 1 aromatic rings. The predicted octanol–water partition coefficient (Wildman–Crippen LogP) is 2.05. The molecule has 0 saturated heterocycles. The van der Waals surface area contributed by atoms with Gasteiger partial charge in [-0.25, -0.2) is 0 Å². The van der Waals surface area contributed by atoms with Crippen molar-refractivity contribution in [2.24, 2.45) is 0 Å². The van der Waals surface area contributed by atoms with Gasteiger partial charge in [0.05, 0.1) is 6.42 Å². The first kappa shape index (κ1) is 9.13. The Hall–Kier alpha value is -0.960. The van der Waals surface area contributed by atoms with E-state index in [0.29, 0.717) is 5.75 Å². The number of benzene rings is 1. The van der Waals surface area contributed by atoms with Crippen LogP contribution in [0.25, 0.3) is 0 Å². The summed E-state index contributed by atoms with van der Waals surface area (Å²) < 4.78 is 0. The molecule has 0 saturated carbocycles. The maximum Gasteiger partial charge on any atom is 0.304 e. The maximum atomic E-state index is 10.2. The lowest BCUT2D eigenvalue weighted by Gasteiger charge is -1.97. The number of rotatable bonds is 4. The highest BCUT2D eigenvalue weighted by Crippen LogP contribution is 2.17. The molecule has 0 bridgehead atoms. The summed E-state index contributed by atoms with van der Waals surface area (Å²) in [6.45, 7) is 0. The van der Waals surface area contributed by atoms with Gasteiger partial charge < -0.3 is 5.11 Å². The van der Waals surface area contributed by atoms with Crippen LogP contribution in [0.1, 0.15) is 6.42 Å². The van der Waals surface area contributed by atoms with Gasteiger partial charge in [-0.05, 0) is 18.2 Å². The molecule has 63 valence electrons. The molecule has 0 heterocycles. The molecule has 0 fully saturated rings. The van der Waals surface area contributed by atoms with E-state index >= 15 is 0 Å². The maximum absolute atomic E-state index is 10.2. The van der Waals surface area contributed by atoms with Crippen LogP contribution in [0.5, 0.6) is 0 Å². The third-order valence-electron chi connectivity index (χ3n) is 1.27. The van der Waals surface area contributed by atoms with E-state index in [4.69, 9.17) is 5.11 Å². The van der Waals surface area contributed by atoms with Gasteiger partial charge in [-0.2, -0.15) is 0 Å². The SMILES string of the molecule is O=C(O)CCSc1cc[c]cc1. The van der Waals surface area contributed by atoms with E-state index < -0.39 is 5.97 Å². The first-order valence-electron chi connectivity index (χ1n) is 3.60. The van der Waals surface area contributed by atoms with Crippen molar-refractivity contribution < 1.29 is 9.90 Å². The number of hydrogen-bond acceptors (Lipinski definition) is 2. The predicted molar refractivity (Wildman–Crippen MR) is 48.3 cm³/mol. The van der Waals surface area contributed by atoms with E-state index in [9.17, 15) is 4.79 Å². The fraction of sp³-hybridized carbons (Fsp3) is 0.222. The van der Waals surface area contributed by atoms with Crippen molar-refractivity contribution in [1.29, 1.82) is 0 Å². The number of hydrogen-bond donors (Lipinski definition) is 1. The zero-order valence-corrected chi connectivity index (χ0v) is 7.30. The highest BCUT2D eigenvalue weighted by Gasteiger charge is 1.97. The van der Waals surface area contributed by atoms with Crippen molar-refractivity contribution in [3.05, 3.63) is 30.3 Å². The molecule has 1 rings (SSSR count). The van der Waals surface area contributed by atoms with E-state index in [1.807, 2.05) is 24.3 Å². The van der Waals surface area contributed by atoms with Gasteiger partial charge in [0.15, 0.2) is 0 Å². The molecule has 1 aromatic carbocycles. The minimum atomic E-state index is -0.745. The standard InChI is InChI=1S/C9H9O2S/c10-9(11)6-7-12-8-4-2-1-3-5-8/h2-5H,6-7H2,(H,10,11). The van der Waals surface area contributed by atoms with Crippen molar-refractivity contribution in [2.45, 2.75) is 11.3 Å². The third-order valence-corrected chi connectivity index (χ3v) is 2.29. The molecular formula is C9H9O2S. The molecule has 0 aliphatic carbocycles. The number of thioether (sulfide) groups is 1. The normalized spacial score (nSPS) is 9.67. The molecule has 0 unspecified atom stereocenters. The molecular weight excluding hydrogens is 172 g/mol. The second-order valence-corrected chi connectivity index (χ2v) is 3.40. The van der Waals surface area contributed by atoms with E-state index in [0.717, 1.165) is 4.90 Å². The second kappa shape index (κ2) is 4.83. The Labute approximate surface area is 75.6 Å². The Bertz CT molecular complexity index is 246. The molecule has 0 aliphatic heterocycles. The summed E-state index contributed by atoms with van der Waals surface area (Å²) in [5.74, 6) is -0.121. The smallest absolute Gasteiger partial charge is 0.304 e. The lowest BCUT2D eigenvalue weighted by Crippen LogP contribution is -1.95. The van der Waals surface area contributed by atoms with Crippen LogP contribution >= 0.6 is 11.8 Å². The number of carboxylic acids is 1. The first-order valence-corrected chi connectivity index (χ1v) is 4.58. The summed E-state index contributed by atoms with van der Waals surface area (Å²) in [7, 11) is 0. The molecule has 0 atom stereocenters. The van der Waals surface area contributed by atoms with Crippen molar-refractivity contribution >= 4 is 17.7 Å². The van der Waals surface area contributed by atoms with Crippen LogP contribution in [0.2, 0.25) is 0 Å². The molecule has 0 aliphatic rings. The van der Waals surface area contributed by atoms with E-state index in [1.54, 1.807) is 11.8 Å². The van der Waals surface area contributed by atoms with Crippen molar-refractivity contribution in [1.82, 2.24) is 0 Å². The molecule has 1 N–H and O–H groups in total. The van der Waals surface area contributed by atoms with Crippen LogP contribution in [-0.4, -0.2) is 16.8 Å². The minimum absolute atomic E-state index is 0.212. The first-order chi connectivity index (χ1) is 5.79. The fourth-order valence-corrected chi connectivity index (χ4v) is 1.56. The third kappa shape index (κ3) is 3.44. The Morgan fingerprint density at radius 3 is 2.75 bits per heavy atom. The lowest BCUT2D eigenvalue weighted by molar-refractivity contribution is -0.136. The van der Waals surface area contributed by atoms with Crippen LogP contribution in [0.15, 0.2) is 29.2 Å². The van der Waals surface area contributed by atoms with Gasteiger partial charge in [-0.15, -0.1) is 11.8 Å². The minimum Gasteiger partial charge on any atom is -0.481 e. The number of aliphatic carboxylic acids is 1. The Morgan fingerprint density at radius 1 is 1.50 bits per heavy atom. The number of carboxylic acid groups (broad SMARTS) is 1. The molecule has 0 spiro atoms. The molecule has 2 nitrogen and oxygen atoms in total. The van der Waals surface area contributed by atoms with Gasteiger partial charge in [0.1, 0.15) is 0 Å². The van der Waals surface area contributed by atoms with Crippen molar-refractivity contribution in [3.8, 4) is 0 Å². The zero-order chi connectivity index (χ0) is 8.81. The highest BCUT2D eigenvalue weighted by molar-refractivity contribution is 7.99. The van der Waals surface area contributed by atoms with Gasteiger partial charge >= 0.3 is 5.97 Å². The zero-order valence-electron chi connectivity index (χ0n) is 6.49. The van der Waals surface area contributed by atoms with Crippen LogP contribution in [-0.2, 0) is 4.79 Å². The molecule has 0 aromatic heterocycles. The largest absolute Gasteiger partial charge is 0.481 e. The summed E-state index contributed by atoms with van der Waals surface area (Å²) in [5.41, 5.74) is 0. The molecule has 1 radical (unpaired) electrons. The Morgan fingerprint density at radius 2 is 2.17 bits per heavy atom. The summed E-state index contributed by atoms with van der Waals surface area (Å²) >= 11 is 1.55. The van der Waals surface area contributed by atoms with Gasteiger partial charge in [0.2, 0.25) is 0 Å². The average Bonchev–Trinajstić information content (AvgIpc) is 2.05. The van der Waals surface area contributed by atoms with Gasteiger partial charge in [0.25, 0.3) is 0 Å². The van der Waals surface area contributed by atoms with Crippen LogP contribution in [0.4, 0.5) is 0 Å². The van der Waals surface area contributed by atoms with E-state index in [-0.39, 0.29) is 6.42 Å². The van der Waals surface area contributed by atoms with Crippen molar-refractivity contribution in [2.75, 3.05) is 5.75 Å². The van der Waals surface area contributed by atoms with Crippen LogP contribution in [0.3, 0.4) is 0 Å². The lowest BCUT2D eigenvalue weighted by atomic mass is 10.4. The van der Waals surface area contributed by atoms with Crippen LogP contribution < -0.4 is 0 Å². The number of carbonyl (C=O) groups is 1. The molecule has 3 heteroatoms. The summed E-state index contributed by atoms with van der Waals surface area (Å²) in [6, 6.07) is 10.4. The molecule has 0 amide bonds. The summed E-state index contributed by atoms with van der Waals surface area (Å²) in [6.07, 6.45) is 0.212. The van der Waals surface area contributed by atoms with Crippen LogP contribution in [0, 0.1) is 6.07 Å². The molecule has 12 heavy (non-hydrogen) atoms. The fourth-order valence-electron chi connectivity index (χ4n) is 0.724. The van der Waals surface area contributed by atoms with Gasteiger partial charge in [0, 0.05) is 10.6 Å².